The van der Waals surface area contributed by atoms with E-state index in [1.807, 2.05) is 38.1 Å². The minimum Gasteiger partial charge on any atom is -0.493 e. The topological polar surface area (TPSA) is 77.7 Å². The van der Waals surface area contributed by atoms with Crippen molar-refractivity contribution in [2.24, 2.45) is 0 Å². The van der Waals surface area contributed by atoms with Gasteiger partial charge >= 0.3 is 0 Å². The van der Waals surface area contributed by atoms with Crippen LogP contribution in [0.15, 0.2) is 47.0 Å². The number of aryl methyl sites for hydroxylation is 2. The van der Waals surface area contributed by atoms with Crippen molar-refractivity contribution in [3.05, 3.63) is 70.1 Å². The summed E-state index contributed by atoms with van der Waals surface area (Å²) < 4.78 is 17.6. The molecule has 0 unspecified atom stereocenters. The zero-order chi connectivity index (χ0) is 22.0. The number of benzene rings is 2. The molecule has 7 nitrogen and oxygen atoms in total. The molecule has 2 aromatic carbocycles. The van der Waals surface area contributed by atoms with Crippen LogP contribution in [0.5, 0.6) is 11.5 Å². The van der Waals surface area contributed by atoms with E-state index >= 15 is 0 Å². The summed E-state index contributed by atoms with van der Waals surface area (Å²) in [7, 11) is 3.32. The van der Waals surface area contributed by atoms with Crippen LogP contribution in [0.25, 0.3) is 10.2 Å². The van der Waals surface area contributed by atoms with Crippen LogP contribution in [-0.2, 0) is 13.2 Å². The number of rotatable bonds is 7. The highest BCUT2D eigenvalue weighted by Gasteiger charge is 2.18. The SMILES string of the molecule is COc1cc(C(=O)N(C)Cc2nc3ccccc3s2)ccc1OCc1c(C)noc1C. The van der Waals surface area contributed by atoms with Gasteiger partial charge in [-0.2, -0.15) is 0 Å². The molecule has 160 valence electrons. The Balaban J connectivity index is 1.47. The highest BCUT2D eigenvalue weighted by atomic mass is 32.1. The quantitative estimate of drug-likeness (QED) is 0.415. The van der Waals surface area contributed by atoms with Gasteiger partial charge in [-0.25, -0.2) is 4.98 Å². The average molecular weight is 438 g/mol. The summed E-state index contributed by atoms with van der Waals surface area (Å²) in [6.45, 7) is 4.46. The van der Waals surface area contributed by atoms with Gasteiger partial charge in [0.2, 0.25) is 0 Å². The molecule has 4 rings (SSSR count). The Bertz CT molecular complexity index is 1180. The third kappa shape index (κ3) is 4.39. The summed E-state index contributed by atoms with van der Waals surface area (Å²) in [5, 5.41) is 4.83. The molecular weight excluding hydrogens is 414 g/mol. The first kappa shape index (κ1) is 20.9. The van der Waals surface area contributed by atoms with Crippen molar-refractivity contribution in [1.82, 2.24) is 15.0 Å². The first-order chi connectivity index (χ1) is 15.0. The van der Waals surface area contributed by atoms with Crippen LogP contribution in [0.4, 0.5) is 0 Å². The van der Waals surface area contributed by atoms with Gasteiger partial charge < -0.3 is 18.9 Å². The van der Waals surface area contributed by atoms with E-state index in [9.17, 15) is 4.79 Å². The molecule has 0 atom stereocenters. The first-order valence-electron chi connectivity index (χ1n) is 9.78. The standard InChI is InChI=1S/C23H23N3O4S/c1-14-17(15(2)30-25-14)13-29-19-10-9-16(11-20(19)28-4)23(27)26(3)12-22-24-18-7-5-6-8-21(18)31-22/h5-11H,12-13H2,1-4H3. The lowest BCUT2D eigenvalue weighted by Crippen LogP contribution is -2.26. The highest BCUT2D eigenvalue weighted by molar-refractivity contribution is 7.18. The summed E-state index contributed by atoms with van der Waals surface area (Å²) in [5.41, 5.74) is 3.16. The van der Waals surface area contributed by atoms with Gasteiger partial charge in [-0.15, -0.1) is 11.3 Å². The van der Waals surface area contributed by atoms with Gasteiger partial charge in [0.15, 0.2) is 11.5 Å². The van der Waals surface area contributed by atoms with E-state index in [1.165, 1.54) is 0 Å². The monoisotopic (exact) mass is 437 g/mol. The number of aromatic nitrogens is 2. The number of hydrogen-bond donors (Lipinski definition) is 0. The van der Waals surface area contributed by atoms with Crippen LogP contribution in [-0.4, -0.2) is 35.1 Å². The maximum absolute atomic E-state index is 13.0. The number of hydrogen-bond acceptors (Lipinski definition) is 7. The summed E-state index contributed by atoms with van der Waals surface area (Å²) in [4.78, 5) is 19.2. The molecule has 0 spiro atoms. The maximum Gasteiger partial charge on any atom is 0.254 e. The molecular formula is C23H23N3O4S. The van der Waals surface area contributed by atoms with Crippen LogP contribution in [0.2, 0.25) is 0 Å². The second-order valence-electron chi connectivity index (χ2n) is 7.19. The molecule has 0 saturated carbocycles. The molecule has 0 fully saturated rings. The van der Waals surface area contributed by atoms with Gasteiger partial charge in [0, 0.05) is 12.6 Å². The number of para-hydroxylation sites is 1. The average Bonchev–Trinajstić information content (AvgIpc) is 3.33. The lowest BCUT2D eigenvalue weighted by atomic mass is 10.1. The smallest absolute Gasteiger partial charge is 0.254 e. The second kappa shape index (κ2) is 8.77. The molecule has 0 saturated heterocycles. The Morgan fingerprint density at radius 2 is 1.97 bits per heavy atom. The summed E-state index contributed by atoms with van der Waals surface area (Å²) in [6, 6.07) is 13.1. The predicted molar refractivity (Wildman–Crippen MR) is 119 cm³/mol. The number of thiazole rings is 1. The van der Waals surface area contributed by atoms with Crippen LogP contribution < -0.4 is 9.47 Å². The number of ether oxygens (including phenoxy) is 2. The van der Waals surface area contributed by atoms with Crippen molar-refractivity contribution in [3.8, 4) is 11.5 Å². The maximum atomic E-state index is 13.0. The molecule has 0 N–H and O–H groups in total. The molecule has 4 aromatic rings. The summed E-state index contributed by atoms with van der Waals surface area (Å²) in [6.07, 6.45) is 0. The molecule has 0 aliphatic rings. The van der Waals surface area contributed by atoms with Gasteiger partial charge in [0.1, 0.15) is 17.4 Å². The fraction of sp³-hybridized carbons (Fsp3) is 0.261. The lowest BCUT2D eigenvalue weighted by molar-refractivity contribution is 0.0784. The summed E-state index contributed by atoms with van der Waals surface area (Å²) in [5.74, 6) is 1.65. The van der Waals surface area contributed by atoms with Gasteiger partial charge in [0.05, 0.1) is 35.1 Å². The highest BCUT2D eigenvalue weighted by Crippen LogP contribution is 2.30. The fourth-order valence-corrected chi connectivity index (χ4v) is 4.28. The van der Waals surface area contributed by atoms with E-state index in [1.54, 1.807) is 48.6 Å². The van der Waals surface area contributed by atoms with Crippen LogP contribution >= 0.6 is 11.3 Å². The number of carbonyl (C=O) groups is 1. The van der Waals surface area contributed by atoms with E-state index in [0.29, 0.717) is 30.2 Å². The van der Waals surface area contributed by atoms with Crippen LogP contribution in [0.1, 0.15) is 32.4 Å². The zero-order valence-corrected chi connectivity index (χ0v) is 18.7. The molecule has 0 aliphatic heterocycles. The predicted octanol–water partition coefficient (Wildman–Crippen LogP) is 4.76. The van der Waals surface area contributed by atoms with E-state index < -0.39 is 0 Å². The number of methoxy groups -OCH3 is 1. The molecule has 0 aliphatic carbocycles. The zero-order valence-electron chi connectivity index (χ0n) is 17.8. The third-order valence-corrected chi connectivity index (χ3v) is 6.04. The first-order valence-corrected chi connectivity index (χ1v) is 10.6. The molecule has 2 heterocycles. The largest absolute Gasteiger partial charge is 0.493 e. The Morgan fingerprint density at radius 3 is 2.68 bits per heavy atom. The normalized spacial score (nSPS) is 11.0. The van der Waals surface area contributed by atoms with Crippen LogP contribution in [0.3, 0.4) is 0 Å². The number of fused-ring (bicyclic) bond motifs is 1. The van der Waals surface area contributed by atoms with Gasteiger partial charge in [-0.3, -0.25) is 4.79 Å². The molecule has 2 aromatic heterocycles. The minimum atomic E-state index is -0.116. The number of nitrogens with zero attached hydrogens (tertiary/aromatic N) is 3. The van der Waals surface area contributed by atoms with E-state index in [2.05, 4.69) is 10.1 Å². The van der Waals surface area contributed by atoms with Crippen molar-refractivity contribution in [2.45, 2.75) is 27.0 Å². The second-order valence-corrected chi connectivity index (χ2v) is 8.31. The van der Waals surface area contributed by atoms with Gasteiger partial charge in [0.25, 0.3) is 5.91 Å². The van der Waals surface area contributed by atoms with E-state index in [0.717, 1.165) is 32.2 Å². The van der Waals surface area contributed by atoms with Crippen molar-refractivity contribution in [2.75, 3.05) is 14.2 Å². The number of carbonyl (C=O) groups excluding carboxylic acids is 1. The van der Waals surface area contributed by atoms with E-state index in [4.69, 9.17) is 14.0 Å². The van der Waals surface area contributed by atoms with Gasteiger partial charge in [-0.05, 0) is 44.2 Å². The Labute approximate surface area is 184 Å². The van der Waals surface area contributed by atoms with E-state index in [-0.39, 0.29) is 5.91 Å². The molecule has 1 amide bonds. The third-order valence-electron chi connectivity index (χ3n) is 5.02. The molecule has 0 bridgehead atoms. The lowest BCUT2D eigenvalue weighted by Gasteiger charge is -2.17. The van der Waals surface area contributed by atoms with Gasteiger partial charge in [-0.1, -0.05) is 17.3 Å². The Morgan fingerprint density at radius 1 is 1.16 bits per heavy atom. The van der Waals surface area contributed by atoms with Crippen molar-refractivity contribution >= 4 is 27.5 Å². The molecule has 0 radical (unpaired) electrons. The Hall–Kier alpha value is -3.39. The summed E-state index contributed by atoms with van der Waals surface area (Å²) >= 11 is 1.59. The Kier molecular flexibility index (Phi) is 5.90. The van der Waals surface area contributed by atoms with Crippen LogP contribution in [0, 0.1) is 13.8 Å². The number of amides is 1. The van der Waals surface area contributed by atoms with Crippen molar-refractivity contribution in [1.29, 1.82) is 0 Å². The molecule has 31 heavy (non-hydrogen) atoms. The minimum absolute atomic E-state index is 0.116. The molecule has 8 heteroatoms. The van der Waals surface area contributed by atoms with Crippen molar-refractivity contribution in [3.63, 3.8) is 0 Å². The fourth-order valence-electron chi connectivity index (χ4n) is 3.26. The van der Waals surface area contributed by atoms with Crippen molar-refractivity contribution < 1.29 is 18.8 Å².